The number of ketones is 1. The SMILES string of the molecule is COc1cccc(CC(=O)c2cc(F)ccc2C)c1. The maximum atomic E-state index is 13.2. The largest absolute Gasteiger partial charge is 0.497 e. The van der Waals surface area contributed by atoms with Gasteiger partial charge in [0.2, 0.25) is 0 Å². The van der Waals surface area contributed by atoms with Crippen molar-refractivity contribution in [1.29, 1.82) is 0 Å². The molecule has 0 fully saturated rings. The first-order chi connectivity index (χ1) is 9.10. The van der Waals surface area contributed by atoms with Crippen molar-refractivity contribution in [1.82, 2.24) is 0 Å². The van der Waals surface area contributed by atoms with Crippen molar-refractivity contribution in [2.24, 2.45) is 0 Å². The van der Waals surface area contributed by atoms with Crippen LogP contribution in [0.4, 0.5) is 4.39 Å². The van der Waals surface area contributed by atoms with Crippen LogP contribution in [0.1, 0.15) is 21.5 Å². The quantitative estimate of drug-likeness (QED) is 0.784. The maximum Gasteiger partial charge on any atom is 0.167 e. The van der Waals surface area contributed by atoms with Gasteiger partial charge in [-0.2, -0.15) is 0 Å². The predicted octanol–water partition coefficient (Wildman–Crippen LogP) is 3.57. The number of aryl methyl sites for hydroxylation is 1. The summed E-state index contributed by atoms with van der Waals surface area (Å²) in [6, 6.07) is 11.6. The summed E-state index contributed by atoms with van der Waals surface area (Å²) in [5.74, 6) is 0.228. The summed E-state index contributed by atoms with van der Waals surface area (Å²) >= 11 is 0. The van der Waals surface area contributed by atoms with Gasteiger partial charge in [-0.15, -0.1) is 0 Å². The lowest BCUT2D eigenvalue weighted by molar-refractivity contribution is 0.0992. The zero-order valence-electron chi connectivity index (χ0n) is 10.9. The Balaban J connectivity index is 2.23. The Labute approximate surface area is 111 Å². The van der Waals surface area contributed by atoms with E-state index in [1.807, 2.05) is 24.3 Å². The summed E-state index contributed by atoms with van der Waals surface area (Å²) in [5, 5.41) is 0. The van der Waals surface area contributed by atoms with Gasteiger partial charge in [-0.25, -0.2) is 4.39 Å². The summed E-state index contributed by atoms with van der Waals surface area (Å²) in [4.78, 5) is 12.2. The van der Waals surface area contributed by atoms with E-state index in [9.17, 15) is 9.18 Å². The molecule has 0 aliphatic carbocycles. The van der Waals surface area contributed by atoms with Crippen LogP contribution in [0.5, 0.6) is 5.75 Å². The van der Waals surface area contributed by atoms with E-state index >= 15 is 0 Å². The van der Waals surface area contributed by atoms with Crippen LogP contribution in [-0.2, 0) is 6.42 Å². The average Bonchev–Trinajstić information content (AvgIpc) is 2.41. The molecule has 2 aromatic rings. The Morgan fingerprint density at radius 2 is 2.00 bits per heavy atom. The summed E-state index contributed by atoms with van der Waals surface area (Å²) in [7, 11) is 1.58. The number of ether oxygens (including phenoxy) is 1. The fraction of sp³-hybridized carbons (Fsp3) is 0.188. The predicted molar refractivity (Wildman–Crippen MR) is 72.2 cm³/mol. The summed E-state index contributed by atoms with van der Waals surface area (Å²) in [6.07, 6.45) is 0.238. The monoisotopic (exact) mass is 258 g/mol. The third-order valence-corrected chi connectivity index (χ3v) is 3.00. The van der Waals surface area contributed by atoms with E-state index in [2.05, 4.69) is 0 Å². The zero-order chi connectivity index (χ0) is 13.8. The smallest absolute Gasteiger partial charge is 0.167 e. The van der Waals surface area contributed by atoms with Crippen LogP contribution in [0, 0.1) is 12.7 Å². The Kier molecular flexibility index (Phi) is 3.95. The fourth-order valence-corrected chi connectivity index (χ4v) is 1.96. The summed E-state index contributed by atoms with van der Waals surface area (Å²) < 4.78 is 18.3. The molecule has 0 aliphatic rings. The number of hydrogen-bond donors (Lipinski definition) is 0. The van der Waals surface area contributed by atoms with Crippen LogP contribution < -0.4 is 4.74 Å². The normalized spacial score (nSPS) is 10.3. The molecular weight excluding hydrogens is 243 g/mol. The topological polar surface area (TPSA) is 26.3 Å². The minimum Gasteiger partial charge on any atom is -0.497 e. The van der Waals surface area contributed by atoms with Crippen LogP contribution in [0.15, 0.2) is 42.5 Å². The third kappa shape index (κ3) is 3.19. The average molecular weight is 258 g/mol. The second kappa shape index (κ2) is 5.65. The van der Waals surface area contributed by atoms with Crippen LogP contribution in [0.25, 0.3) is 0 Å². The molecule has 0 saturated carbocycles. The van der Waals surface area contributed by atoms with Crippen LogP contribution in [0.3, 0.4) is 0 Å². The molecule has 0 aromatic heterocycles. The maximum absolute atomic E-state index is 13.2. The van der Waals surface area contributed by atoms with Crippen molar-refractivity contribution < 1.29 is 13.9 Å². The highest BCUT2D eigenvalue weighted by Gasteiger charge is 2.11. The van der Waals surface area contributed by atoms with Crippen molar-refractivity contribution in [3.05, 3.63) is 65.0 Å². The van der Waals surface area contributed by atoms with Crippen molar-refractivity contribution >= 4 is 5.78 Å². The van der Waals surface area contributed by atoms with Gasteiger partial charge in [-0.3, -0.25) is 4.79 Å². The second-order valence-electron chi connectivity index (χ2n) is 4.41. The third-order valence-electron chi connectivity index (χ3n) is 3.00. The standard InChI is InChI=1S/C16H15FO2/c1-11-6-7-13(17)10-15(11)16(18)9-12-4-3-5-14(8-12)19-2/h3-8,10H,9H2,1-2H3. The molecule has 0 heterocycles. The Bertz CT molecular complexity index is 605. The lowest BCUT2D eigenvalue weighted by Crippen LogP contribution is -2.06. The lowest BCUT2D eigenvalue weighted by atomic mass is 9.99. The van der Waals surface area contributed by atoms with Gasteiger partial charge in [0, 0.05) is 12.0 Å². The highest BCUT2D eigenvalue weighted by molar-refractivity contribution is 5.98. The van der Waals surface area contributed by atoms with E-state index < -0.39 is 0 Å². The molecule has 0 amide bonds. The van der Waals surface area contributed by atoms with Gasteiger partial charge < -0.3 is 4.74 Å². The molecular formula is C16H15FO2. The minimum absolute atomic E-state index is 0.0924. The molecule has 0 bridgehead atoms. The molecule has 19 heavy (non-hydrogen) atoms. The van der Waals surface area contributed by atoms with E-state index in [0.29, 0.717) is 11.3 Å². The van der Waals surface area contributed by atoms with Gasteiger partial charge in [0.05, 0.1) is 7.11 Å². The first-order valence-corrected chi connectivity index (χ1v) is 6.02. The molecule has 3 heteroatoms. The number of methoxy groups -OCH3 is 1. The van der Waals surface area contributed by atoms with Gasteiger partial charge in [0.25, 0.3) is 0 Å². The highest BCUT2D eigenvalue weighted by Crippen LogP contribution is 2.17. The summed E-state index contributed by atoms with van der Waals surface area (Å²) in [6.45, 7) is 1.80. The van der Waals surface area contributed by atoms with Gasteiger partial charge in [-0.1, -0.05) is 18.2 Å². The molecule has 0 spiro atoms. The first-order valence-electron chi connectivity index (χ1n) is 6.02. The van der Waals surface area contributed by atoms with Crippen molar-refractivity contribution in [2.45, 2.75) is 13.3 Å². The van der Waals surface area contributed by atoms with Crippen molar-refractivity contribution in [3.63, 3.8) is 0 Å². The molecule has 0 atom stereocenters. The Morgan fingerprint density at radius 1 is 1.21 bits per heavy atom. The number of carbonyl (C=O) groups excluding carboxylic acids is 1. The van der Waals surface area contributed by atoms with Gasteiger partial charge in [0.15, 0.2) is 5.78 Å². The van der Waals surface area contributed by atoms with E-state index in [1.54, 1.807) is 20.1 Å². The van der Waals surface area contributed by atoms with Crippen molar-refractivity contribution in [3.8, 4) is 5.75 Å². The molecule has 98 valence electrons. The first kappa shape index (κ1) is 13.3. The number of Topliss-reactive ketones (excluding diaryl/α,β-unsaturated/α-hetero) is 1. The number of rotatable bonds is 4. The van der Waals surface area contributed by atoms with E-state index in [0.717, 1.165) is 11.1 Å². The molecule has 0 aliphatic heterocycles. The highest BCUT2D eigenvalue weighted by atomic mass is 19.1. The molecule has 2 aromatic carbocycles. The second-order valence-corrected chi connectivity index (χ2v) is 4.41. The van der Waals surface area contributed by atoms with Gasteiger partial charge in [-0.05, 0) is 42.3 Å². The number of hydrogen-bond acceptors (Lipinski definition) is 2. The van der Waals surface area contributed by atoms with Crippen LogP contribution in [-0.4, -0.2) is 12.9 Å². The number of halogens is 1. The van der Waals surface area contributed by atoms with Gasteiger partial charge >= 0.3 is 0 Å². The summed E-state index contributed by atoms with van der Waals surface area (Å²) in [5.41, 5.74) is 2.07. The van der Waals surface area contributed by atoms with E-state index in [4.69, 9.17) is 4.74 Å². The Hall–Kier alpha value is -2.16. The molecule has 2 nitrogen and oxygen atoms in total. The van der Waals surface area contributed by atoms with Crippen LogP contribution >= 0.6 is 0 Å². The van der Waals surface area contributed by atoms with E-state index in [-0.39, 0.29) is 18.0 Å². The lowest BCUT2D eigenvalue weighted by Gasteiger charge is -2.06. The Morgan fingerprint density at radius 3 is 2.74 bits per heavy atom. The van der Waals surface area contributed by atoms with E-state index in [1.165, 1.54) is 12.1 Å². The minimum atomic E-state index is -0.389. The number of benzene rings is 2. The molecule has 0 radical (unpaired) electrons. The fourth-order valence-electron chi connectivity index (χ4n) is 1.96. The molecule has 2 rings (SSSR count). The molecule has 0 saturated heterocycles. The van der Waals surface area contributed by atoms with Crippen molar-refractivity contribution in [2.75, 3.05) is 7.11 Å². The molecule has 0 N–H and O–H groups in total. The zero-order valence-corrected chi connectivity index (χ0v) is 10.9. The van der Waals surface area contributed by atoms with Gasteiger partial charge in [0.1, 0.15) is 11.6 Å². The molecule has 0 unspecified atom stereocenters. The number of carbonyl (C=O) groups is 1. The van der Waals surface area contributed by atoms with Crippen LogP contribution in [0.2, 0.25) is 0 Å².